The van der Waals surface area contributed by atoms with Crippen molar-refractivity contribution in [3.05, 3.63) is 35.9 Å². The molecule has 1 amide bonds. The van der Waals surface area contributed by atoms with Gasteiger partial charge in [0.05, 0.1) is 6.04 Å². The van der Waals surface area contributed by atoms with E-state index in [4.69, 9.17) is 5.73 Å². The third-order valence-corrected chi connectivity index (χ3v) is 4.00. The van der Waals surface area contributed by atoms with Gasteiger partial charge in [0, 0.05) is 71.8 Å². The Kier molecular flexibility index (Phi) is 13.8. The monoisotopic (exact) mass is 401 g/mol. The van der Waals surface area contributed by atoms with Crippen LogP contribution in [0.3, 0.4) is 0 Å². The van der Waals surface area contributed by atoms with Crippen LogP contribution in [0.1, 0.15) is 5.56 Å². The maximum absolute atomic E-state index is 12.7. The molecule has 1 fully saturated rings. The first kappa shape index (κ1) is 24.1. The second kappa shape index (κ2) is 14.3. The predicted molar refractivity (Wildman–Crippen MR) is 96.9 cm³/mol. The van der Waals surface area contributed by atoms with E-state index < -0.39 is 6.04 Å². The van der Waals surface area contributed by atoms with Crippen molar-refractivity contribution in [1.29, 1.82) is 0 Å². The molecule has 2 rings (SSSR count). The number of hydrogen-bond acceptors (Lipinski definition) is 5. The summed E-state index contributed by atoms with van der Waals surface area (Å²) in [6.45, 7) is 6.71. The van der Waals surface area contributed by atoms with Crippen LogP contribution in [0.25, 0.3) is 0 Å². The summed E-state index contributed by atoms with van der Waals surface area (Å²) in [5.41, 5.74) is 7.26. The Balaban J connectivity index is 0.00000288. The van der Waals surface area contributed by atoms with Gasteiger partial charge in [-0.05, 0) is 12.0 Å². The average molecular weight is 403 g/mol. The summed E-state index contributed by atoms with van der Waals surface area (Å²) in [4.78, 5) is 14.5. The molecule has 0 saturated carbocycles. The quantitative estimate of drug-likeness (QED) is 0.452. The van der Waals surface area contributed by atoms with Crippen LogP contribution in [0.5, 0.6) is 0 Å². The van der Waals surface area contributed by atoms with E-state index in [-0.39, 0.29) is 30.9 Å². The van der Waals surface area contributed by atoms with Crippen LogP contribution < -0.4 is 21.7 Å². The molecule has 0 aliphatic carbocycles. The van der Waals surface area contributed by atoms with E-state index in [1.54, 1.807) is 0 Å². The van der Waals surface area contributed by atoms with Crippen LogP contribution >= 0.6 is 0 Å². The Hall–Kier alpha value is -0.887. The largest absolute Gasteiger partial charge is 0.412 e. The van der Waals surface area contributed by atoms with Gasteiger partial charge in [0.1, 0.15) is 0 Å². The number of carbonyl (C=O) groups excluding carboxylic acids is 1. The van der Waals surface area contributed by atoms with Gasteiger partial charge in [-0.3, -0.25) is 4.79 Å². The number of nitrogens with one attached hydrogen (secondary N) is 3. The van der Waals surface area contributed by atoms with Crippen molar-refractivity contribution in [2.24, 2.45) is 5.73 Å². The SMILES string of the molecule is N[C@@H](Cc1ccccc1)C(=O)N1CCNCCNCCNCC1.O.[Zn]. The van der Waals surface area contributed by atoms with Gasteiger partial charge in [-0.2, -0.15) is 0 Å². The number of rotatable bonds is 3. The molecule has 138 valence electrons. The Morgan fingerprint density at radius 1 is 0.960 bits per heavy atom. The summed E-state index contributed by atoms with van der Waals surface area (Å²) in [5, 5.41) is 10.1. The molecule has 7 nitrogen and oxygen atoms in total. The van der Waals surface area contributed by atoms with Crippen molar-refractivity contribution >= 4 is 5.91 Å². The van der Waals surface area contributed by atoms with Gasteiger partial charge in [0.15, 0.2) is 0 Å². The van der Waals surface area contributed by atoms with Crippen LogP contribution in [-0.4, -0.2) is 74.7 Å². The summed E-state index contributed by atoms with van der Waals surface area (Å²) < 4.78 is 0. The van der Waals surface area contributed by atoms with Gasteiger partial charge < -0.3 is 32.1 Å². The molecule has 0 bridgehead atoms. The topological polar surface area (TPSA) is 114 Å². The van der Waals surface area contributed by atoms with Crippen LogP contribution in [0.15, 0.2) is 30.3 Å². The van der Waals surface area contributed by atoms with Gasteiger partial charge in [-0.1, -0.05) is 30.3 Å². The minimum atomic E-state index is -0.480. The minimum Gasteiger partial charge on any atom is -0.412 e. The van der Waals surface area contributed by atoms with Gasteiger partial charge in [-0.15, -0.1) is 0 Å². The van der Waals surface area contributed by atoms with E-state index in [0.29, 0.717) is 19.5 Å². The maximum atomic E-state index is 12.7. The second-order valence-electron chi connectivity index (χ2n) is 5.87. The zero-order valence-electron chi connectivity index (χ0n) is 15.0. The molecule has 0 radical (unpaired) electrons. The molecular formula is C17H31N5O2Zn. The van der Waals surface area contributed by atoms with E-state index in [0.717, 1.165) is 44.8 Å². The second-order valence-corrected chi connectivity index (χ2v) is 5.87. The summed E-state index contributed by atoms with van der Waals surface area (Å²) >= 11 is 0. The first-order valence-electron chi connectivity index (χ1n) is 8.48. The van der Waals surface area contributed by atoms with E-state index in [1.807, 2.05) is 35.2 Å². The van der Waals surface area contributed by atoms with Crippen LogP contribution in [0.2, 0.25) is 0 Å². The summed E-state index contributed by atoms with van der Waals surface area (Å²) in [6, 6.07) is 9.47. The zero-order chi connectivity index (χ0) is 16.3. The number of benzene rings is 1. The van der Waals surface area contributed by atoms with E-state index >= 15 is 0 Å². The molecule has 7 N–H and O–H groups in total. The Bertz CT molecular complexity index is 452. The Morgan fingerprint density at radius 3 is 1.96 bits per heavy atom. The molecule has 1 saturated heterocycles. The summed E-state index contributed by atoms with van der Waals surface area (Å²) in [6.07, 6.45) is 0.584. The van der Waals surface area contributed by atoms with E-state index in [1.165, 1.54) is 0 Å². The molecular weight excluding hydrogens is 372 g/mol. The molecule has 0 spiro atoms. The van der Waals surface area contributed by atoms with Gasteiger partial charge in [0.25, 0.3) is 0 Å². The Morgan fingerprint density at radius 2 is 1.44 bits per heavy atom. The maximum Gasteiger partial charge on any atom is 0.239 e. The third kappa shape index (κ3) is 9.40. The van der Waals surface area contributed by atoms with Crippen molar-refractivity contribution in [2.75, 3.05) is 52.4 Å². The predicted octanol–water partition coefficient (Wildman–Crippen LogP) is -1.66. The number of amides is 1. The molecule has 1 aromatic carbocycles. The number of carbonyl (C=O) groups is 1. The first-order chi connectivity index (χ1) is 11.3. The summed E-state index contributed by atoms with van der Waals surface area (Å²) in [7, 11) is 0. The van der Waals surface area contributed by atoms with Crippen molar-refractivity contribution in [3.63, 3.8) is 0 Å². The third-order valence-electron chi connectivity index (χ3n) is 4.00. The minimum absolute atomic E-state index is 0. The van der Waals surface area contributed by atoms with Crippen molar-refractivity contribution in [1.82, 2.24) is 20.9 Å². The zero-order valence-corrected chi connectivity index (χ0v) is 17.9. The van der Waals surface area contributed by atoms with Gasteiger partial charge >= 0.3 is 0 Å². The molecule has 0 unspecified atom stereocenters. The van der Waals surface area contributed by atoms with Crippen molar-refractivity contribution < 1.29 is 29.7 Å². The fourth-order valence-corrected chi connectivity index (χ4v) is 2.68. The molecule has 8 heteroatoms. The number of hydrogen-bond donors (Lipinski definition) is 4. The van der Waals surface area contributed by atoms with Crippen molar-refractivity contribution in [2.45, 2.75) is 12.5 Å². The number of nitrogens with zero attached hydrogens (tertiary/aromatic N) is 1. The van der Waals surface area contributed by atoms with Crippen molar-refractivity contribution in [3.8, 4) is 0 Å². The molecule has 1 aliphatic heterocycles. The van der Waals surface area contributed by atoms with Crippen LogP contribution in [0.4, 0.5) is 0 Å². The standard InChI is InChI=1S/C17H29N5O.H2O.Zn/c18-16(14-15-4-2-1-3-5-15)17(23)22-12-10-20-8-6-19-7-9-21-11-13-22;;/h1-5,16,19-21H,6-14,18H2;1H2;/t16-;;/m0../s1. The molecule has 1 aromatic rings. The average Bonchev–Trinajstić information content (AvgIpc) is 2.56. The molecule has 0 aromatic heterocycles. The molecule has 25 heavy (non-hydrogen) atoms. The summed E-state index contributed by atoms with van der Waals surface area (Å²) in [5.74, 6) is 0.0348. The molecule has 1 atom stereocenters. The number of nitrogens with two attached hydrogens (primary N) is 1. The smallest absolute Gasteiger partial charge is 0.239 e. The van der Waals surface area contributed by atoms with Gasteiger partial charge in [0.2, 0.25) is 5.91 Å². The van der Waals surface area contributed by atoms with E-state index in [9.17, 15) is 4.79 Å². The molecule has 1 heterocycles. The first-order valence-corrected chi connectivity index (χ1v) is 8.48. The normalized spacial score (nSPS) is 17.9. The fourth-order valence-electron chi connectivity index (χ4n) is 2.68. The van der Waals surface area contributed by atoms with Gasteiger partial charge in [-0.25, -0.2) is 0 Å². The van der Waals surface area contributed by atoms with Crippen LogP contribution in [-0.2, 0) is 30.7 Å². The molecule has 1 aliphatic rings. The fraction of sp³-hybridized carbons (Fsp3) is 0.588. The Labute approximate surface area is 163 Å². The van der Waals surface area contributed by atoms with Crippen LogP contribution in [0, 0.1) is 0 Å². The van der Waals surface area contributed by atoms with E-state index in [2.05, 4.69) is 16.0 Å².